The van der Waals surface area contributed by atoms with Gasteiger partial charge in [0.1, 0.15) is 0 Å². The number of benzene rings is 1. The topological polar surface area (TPSA) is 69.6 Å². The fraction of sp³-hybridized carbons (Fsp3) is 0.556. The van der Waals surface area contributed by atoms with Crippen molar-refractivity contribution < 1.29 is 14.7 Å². The first-order valence-corrected chi connectivity index (χ1v) is 9.35. The fourth-order valence-electron chi connectivity index (χ4n) is 3.63. The molecule has 2 unspecified atom stereocenters. The van der Waals surface area contributed by atoms with Gasteiger partial charge in [0.25, 0.3) is 0 Å². The summed E-state index contributed by atoms with van der Waals surface area (Å²) in [5.74, 6) is -0.567. The van der Waals surface area contributed by atoms with Gasteiger partial charge in [-0.1, -0.05) is 30.1 Å². The Hall–Kier alpha value is -1.30. The van der Waals surface area contributed by atoms with Crippen molar-refractivity contribution in [2.75, 3.05) is 13.1 Å². The van der Waals surface area contributed by atoms with Crippen molar-refractivity contribution in [2.45, 2.75) is 44.2 Å². The molecule has 0 saturated heterocycles. The van der Waals surface area contributed by atoms with Crippen molar-refractivity contribution in [1.29, 1.82) is 0 Å². The third-order valence-corrected chi connectivity index (χ3v) is 5.60. The number of amides is 1. The first kappa shape index (κ1) is 18.5. The molecule has 25 heavy (non-hydrogen) atoms. The summed E-state index contributed by atoms with van der Waals surface area (Å²) < 4.78 is 0. The van der Waals surface area contributed by atoms with Crippen LogP contribution in [0.25, 0.3) is 0 Å². The maximum atomic E-state index is 12.4. The number of hydrogen-bond donors (Lipinski definition) is 2. The van der Waals surface area contributed by atoms with E-state index >= 15 is 0 Å². The molecule has 7 heteroatoms. The molecular weight excluding hydrogens is 363 g/mol. The van der Waals surface area contributed by atoms with Gasteiger partial charge in [-0.2, -0.15) is 0 Å². The number of hydrogen-bond acceptors (Lipinski definition) is 3. The van der Waals surface area contributed by atoms with E-state index in [4.69, 9.17) is 28.3 Å². The molecule has 2 aliphatic carbocycles. The Bertz CT molecular complexity index is 656. The summed E-state index contributed by atoms with van der Waals surface area (Å²) in [4.78, 5) is 25.2. The lowest BCUT2D eigenvalue weighted by atomic mass is 9.85. The van der Waals surface area contributed by atoms with Gasteiger partial charge in [0.15, 0.2) is 0 Å². The molecule has 1 amide bonds. The largest absolute Gasteiger partial charge is 0.480 e. The van der Waals surface area contributed by atoms with Gasteiger partial charge in [-0.25, -0.2) is 0 Å². The van der Waals surface area contributed by atoms with Gasteiger partial charge in [-0.3, -0.25) is 14.5 Å². The zero-order valence-corrected chi connectivity index (χ0v) is 15.6. The van der Waals surface area contributed by atoms with Gasteiger partial charge in [-0.15, -0.1) is 0 Å². The number of nitrogens with one attached hydrogen (secondary N) is 1. The standard InChI is InChI=1S/C18H22Cl2N2O3/c1-2-22(9-17(23)24)14-6-13(7-14)21-18(25)16-8-15(16)10-3-11(19)5-12(20)4-10/h3-5,13-16H,2,6-9H2,1H3,(H,21,25)(H,23,24). The highest BCUT2D eigenvalue weighted by molar-refractivity contribution is 6.34. The van der Waals surface area contributed by atoms with Gasteiger partial charge in [-0.05, 0) is 55.5 Å². The highest BCUT2D eigenvalue weighted by Crippen LogP contribution is 2.48. The molecule has 136 valence electrons. The second-order valence-electron chi connectivity index (χ2n) is 6.94. The van der Waals surface area contributed by atoms with Crippen LogP contribution in [0.3, 0.4) is 0 Å². The minimum Gasteiger partial charge on any atom is -0.480 e. The van der Waals surface area contributed by atoms with Gasteiger partial charge < -0.3 is 10.4 Å². The number of rotatable bonds is 7. The van der Waals surface area contributed by atoms with Crippen LogP contribution in [0.2, 0.25) is 10.0 Å². The SMILES string of the molecule is CCN(CC(=O)O)C1CC(NC(=O)C2CC2c2cc(Cl)cc(Cl)c2)C1. The number of carbonyl (C=O) groups is 2. The highest BCUT2D eigenvalue weighted by Gasteiger charge is 2.45. The minimum atomic E-state index is -0.810. The summed E-state index contributed by atoms with van der Waals surface area (Å²) in [6, 6.07) is 5.82. The van der Waals surface area contributed by atoms with E-state index in [-0.39, 0.29) is 36.4 Å². The summed E-state index contributed by atoms with van der Waals surface area (Å²) >= 11 is 12.1. The van der Waals surface area contributed by atoms with Crippen molar-refractivity contribution in [3.05, 3.63) is 33.8 Å². The smallest absolute Gasteiger partial charge is 0.317 e. The molecule has 2 fully saturated rings. The minimum absolute atomic E-state index is 0.0186. The Morgan fingerprint density at radius 2 is 1.84 bits per heavy atom. The van der Waals surface area contributed by atoms with Crippen LogP contribution in [-0.2, 0) is 9.59 Å². The molecule has 1 aromatic rings. The van der Waals surface area contributed by atoms with Crippen LogP contribution in [0.1, 0.15) is 37.7 Å². The van der Waals surface area contributed by atoms with Crippen LogP contribution >= 0.6 is 23.2 Å². The number of carbonyl (C=O) groups excluding carboxylic acids is 1. The van der Waals surface area contributed by atoms with Crippen LogP contribution in [0.5, 0.6) is 0 Å². The van der Waals surface area contributed by atoms with E-state index in [1.54, 1.807) is 6.07 Å². The molecule has 0 bridgehead atoms. The number of aliphatic carboxylic acids is 1. The molecule has 0 aromatic heterocycles. The summed E-state index contributed by atoms with van der Waals surface area (Å²) in [7, 11) is 0. The number of carboxylic acids is 1. The lowest BCUT2D eigenvalue weighted by molar-refractivity contribution is -0.139. The average molecular weight is 385 g/mol. The Morgan fingerprint density at radius 3 is 2.40 bits per heavy atom. The summed E-state index contributed by atoms with van der Waals surface area (Å²) in [6.07, 6.45) is 2.44. The second kappa shape index (κ2) is 7.52. The predicted octanol–water partition coefficient (Wildman–Crippen LogP) is 3.15. The third-order valence-electron chi connectivity index (χ3n) is 5.16. The Kier molecular flexibility index (Phi) is 5.56. The van der Waals surface area contributed by atoms with E-state index in [1.807, 2.05) is 24.0 Å². The van der Waals surface area contributed by atoms with Crippen molar-refractivity contribution >= 4 is 35.1 Å². The van der Waals surface area contributed by atoms with E-state index in [9.17, 15) is 9.59 Å². The molecule has 0 radical (unpaired) electrons. The Labute approximate surface area is 157 Å². The zero-order chi connectivity index (χ0) is 18.1. The first-order valence-electron chi connectivity index (χ1n) is 8.59. The molecule has 5 nitrogen and oxygen atoms in total. The third kappa shape index (κ3) is 4.46. The van der Waals surface area contributed by atoms with E-state index in [1.165, 1.54) is 0 Å². The number of carboxylic acid groups (broad SMARTS) is 1. The molecule has 0 heterocycles. The quantitative estimate of drug-likeness (QED) is 0.757. The van der Waals surface area contributed by atoms with Crippen molar-refractivity contribution in [2.24, 2.45) is 5.92 Å². The zero-order valence-electron chi connectivity index (χ0n) is 14.0. The lowest BCUT2D eigenvalue weighted by Gasteiger charge is -2.42. The van der Waals surface area contributed by atoms with Crippen molar-refractivity contribution in [3.8, 4) is 0 Å². The van der Waals surface area contributed by atoms with E-state index in [0.29, 0.717) is 16.6 Å². The molecule has 0 spiro atoms. The normalized spacial score (nSPS) is 27.7. The van der Waals surface area contributed by atoms with Gasteiger partial charge in [0, 0.05) is 28.0 Å². The first-order chi connectivity index (χ1) is 11.9. The second-order valence-corrected chi connectivity index (χ2v) is 7.81. The van der Waals surface area contributed by atoms with Crippen LogP contribution < -0.4 is 5.32 Å². The Balaban J connectivity index is 1.46. The Morgan fingerprint density at radius 1 is 1.20 bits per heavy atom. The molecule has 0 aliphatic heterocycles. The molecule has 1 aromatic carbocycles. The van der Waals surface area contributed by atoms with Crippen LogP contribution in [0, 0.1) is 5.92 Å². The van der Waals surface area contributed by atoms with Crippen LogP contribution in [0.15, 0.2) is 18.2 Å². The summed E-state index contributed by atoms with van der Waals surface area (Å²) in [5, 5.41) is 13.2. The van der Waals surface area contributed by atoms with Gasteiger partial charge in [0.2, 0.25) is 5.91 Å². The number of nitrogens with zero attached hydrogens (tertiary/aromatic N) is 1. The average Bonchev–Trinajstić information content (AvgIpc) is 3.27. The van der Waals surface area contributed by atoms with Gasteiger partial charge in [0.05, 0.1) is 6.54 Å². The molecule has 2 atom stereocenters. The summed E-state index contributed by atoms with van der Waals surface area (Å²) in [5.41, 5.74) is 1.02. The molecule has 3 rings (SSSR count). The van der Waals surface area contributed by atoms with Crippen LogP contribution in [-0.4, -0.2) is 47.1 Å². The maximum absolute atomic E-state index is 12.4. The highest BCUT2D eigenvalue weighted by atomic mass is 35.5. The van der Waals surface area contributed by atoms with E-state index < -0.39 is 5.97 Å². The number of likely N-dealkylation sites (N-methyl/N-ethyl adjacent to an activating group) is 1. The number of halogens is 2. The molecular formula is C18H22Cl2N2O3. The monoisotopic (exact) mass is 384 g/mol. The van der Waals surface area contributed by atoms with E-state index in [2.05, 4.69) is 5.32 Å². The molecule has 2 saturated carbocycles. The maximum Gasteiger partial charge on any atom is 0.317 e. The van der Waals surface area contributed by atoms with Gasteiger partial charge >= 0.3 is 5.97 Å². The fourth-order valence-corrected chi connectivity index (χ4v) is 4.17. The van der Waals surface area contributed by atoms with Crippen molar-refractivity contribution in [3.63, 3.8) is 0 Å². The molecule has 2 N–H and O–H groups in total. The van der Waals surface area contributed by atoms with E-state index in [0.717, 1.165) is 24.8 Å². The van der Waals surface area contributed by atoms with Crippen molar-refractivity contribution in [1.82, 2.24) is 10.2 Å². The van der Waals surface area contributed by atoms with Crippen LogP contribution in [0.4, 0.5) is 0 Å². The predicted molar refractivity (Wildman–Crippen MR) is 97.1 cm³/mol. The lowest BCUT2D eigenvalue weighted by Crippen LogP contribution is -2.55. The summed E-state index contributed by atoms with van der Waals surface area (Å²) in [6.45, 7) is 2.72. The molecule has 2 aliphatic rings.